The quantitative estimate of drug-likeness (QED) is 0.803. The summed E-state index contributed by atoms with van der Waals surface area (Å²) < 4.78 is 1.81. The summed E-state index contributed by atoms with van der Waals surface area (Å²) >= 11 is 0. The molecular weight excluding hydrogens is 320 g/mol. The molecule has 7 heteroatoms. The van der Waals surface area contributed by atoms with Crippen molar-refractivity contribution in [2.45, 2.75) is 47.1 Å². The summed E-state index contributed by atoms with van der Waals surface area (Å²) in [6.45, 7) is 9.85. The van der Waals surface area contributed by atoms with Crippen LogP contribution < -0.4 is 5.32 Å². The van der Waals surface area contributed by atoms with Crippen LogP contribution in [-0.2, 0) is 4.79 Å². The zero-order valence-electron chi connectivity index (χ0n) is 15.4. The molecule has 0 aromatic carbocycles. The van der Waals surface area contributed by atoms with Gasteiger partial charge in [0.25, 0.3) is 5.91 Å². The highest BCUT2D eigenvalue weighted by molar-refractivity contribution is 5.98. The molecule has 0 radical (unpaired) electrons. The van der Waals surface area contributed by atoms with Gasteiger partial charge in [0.2, 0.25) is 0 Å². The summed E-state index contributed by atoms with van der Waals surface area (Å²) in [5.74, 6) is -1.54. The molecule has 0 fully saturated rings. The first-order chi connectivity index (χ1) is 11.7. The molecule has 0 aliphatic carbocycles. The first-order valence-electron chi connectivity index (χ1n) is 8.56. The van der Waals surface area contributed by atoms with E-state index in [0.29, 0.717) is 17.7 Å². The van der Waals surface area contributed by atoms with Gasteiger partial charge in [-0.05, 0) is 39.2 Å². The molecule has 0 saturated heterocycles. The molecule has 7 nitrogen and oxygen atoms in total. The maximum Gasteiger partial charge on any atom is 0.308 e. The molecule has 2 N–H and O–H groups in total. The van der Waals surface area contributed by atoms with Gasteiger partial charge < -0.3 is 10.4 Å². The van der Waals surface area contributed by atoms with Crippen LogP contribution in [0, 0.1) is 18.8 Å². The van der Waals surface area contributed by atoms with Crippen LogP contribution in [0.5, 0.6) is 0 Å². The Bertz CT molecular complexity index is 780. The van der Waals surface area contributed by atoms with E-state index < -0.39 is 11.9 Å². The maximum atomic E-state index is 12.5. The molecule has 2 heterocycles. The van der Waals surface area contributed by atoms with Crippen LogP contribution in [0.15, 0.2) is 12.3 Å². The van der Waals surface area contributed by atoms with Gasteiger partial charge in [0.05, 0.1) is 23.4 Å². The second kappa shape index (κ2) is 7.63. The van der Waals surface area contributed by atoms with Gasteiger partial charge >= 0.3 is 5.97 Å². The Morgan fingerprint density at radius 1 is 1.28 bits per heavy atom. The summed E-state index contributed by atoms with van der Waals surface area (Å²) in [6.07, 6.45) is 2.21. The number of carbonyl (C=O) groups excluding carboxylic acids is 1. The highest BCUT2D eigenvalue weighted by Crippen LogP contribution is 2.19. The first kappa shape index (κ1) is 18.9. The fraction of sp³-hybridized carbons (Fsp3) is 0.556. The van der Waals surface area contributed by atoms with Crippen molar-refractivity contribution in [1.82, 2.24) is 20.1 Å². The van der Waals surface area contributed by atoms with Gasteiger partial charge in [-0.2, -0.15) is 5.10 Å². The van der Waals surface area contributed by atoms with Crippen molar-refractivity contribution in [3.8, 4) is 0 Å². The van der Waals surface area contributed by atoms with Crippen molar-refractivity contribution in [3.05, 3.63) is 23.5 Å². The Labute approximate surface area is 147 Å². The van der Waals surface area contributed by atoms with Crippen molar-refractivity contribution in [2.24, 2.45) is 11.8 Å². The van der Waals surface area contributed by atoms with Crippen LogP contribution in [0.4, 0.5) is 0 Å². The normalized spacial score (nSPS) is 12.8. The fourth-order valence-electron chi connectivity index (χ4n) is 2.83. The Balaban J connectivity index is 2.19. The summed E-state index contributed by atoms with van der Waals surface area (Å²) in [6, 6.07) is 1.94. The van der Waals surface area contributed by atoms with E-state index in [1.54, 1.807) is 19.2 Å². The third kappa shape index (κ3) is 4.35. The van der Waals surface area contributed by atoms with Crippen LogP contribution in [-0.4, -0.2) is 38.3 Å². The van der Waals surface area contributed by atoms with Gasteiger partial charge in [-0.25, -0.2) is 9.67 Å². The van der Waals surface area contributed by atoms with E-state index in [1.165, 1.54) is 0 Å². The van der Waals surface area contributed by atoms with Crippen molar-refractivity contribution in [3.63, 3.8) is 0 Å². The standard InChI is InChI=1S/C18H26N4O3/c1-10(2)6-14(18(24)25)8-19-17(23)15-7-13-9-20-22(11(3)4)16(13)21-12(15)5/h7,9-11,14H,6,8H2,1-5H3,(H,19,23)(H,24,25). The van der Waals surface area contributed by atoms with Gasteiger partial charge in [0.15, 0.2) is 5.65 Å². The Hall–Kier alpha value is -2.44. The van der Waals surface area contributed by atoms with E-state index in [2.05, 4.69) is 15.4 Å². The molecule has 1 atom stereocenters. The first-order valence-corrected chi connectivity index (χ1v) is 8.56. The summed E-state index contributed by atoms with van der Waals surface area (Å²) in [5, 5.41) is 17.1. The third-order valence-electron chi connectivity index (χ3n) is 4.11. The number of fused-ring (bicyclic) bond motifs is 1. The summed E-state index contributed by atoms with van der Waals surface area (Å²) in [5.41, 5.74) is 1.79. The number of aryl methyl sites for hydroxylation is 1. The molecule has 0 aliphatic rings. The largest absolute Gasteiger partial charge is 0.481 e. The molecule has 1 unspecified atom stereocenters. The topological polar surface area (TPSA) is 97.1 Å². The minimum absolute atomic E-state index is 0.106. The Morgan fingerprint density at radius 2 is 1.96 bits per heavy atom. The number of aliphatic carboxylic acids is 1. The minimum atomic E-state index is -0.891. The van der Waals surface area contributed by atoms with Gasteiger partial charge in [-0.3, -0.25) is 9.59 Å². The highest BCUT2D eigenvalue weighted by Gasteiger charge is 2.21. The molecule has 2 aromatic rings. The lowest BCUT2D eigenvalue weighted by atomic mass is 9.97. The lowest BCUT2D eigenvalue weighted by Crippen LogP contribution is -2.34. The molecule has 0 saturated carbocycles. The second-order valence-electron chi connectivity index (χ2n) is 7.09. The van der Waals surface area contributed by atoms with Crippen LogP contribution in [0.1, 0.15) is 56.2 Å². The van der Waals surface area contributed by atoms with Crippen molar-refractivity contribution in [2.75, 3.05) is 6.54 Å². The lowest BCUT2D eigenvalue weighted by molar-refractivity contribution is -0.142. The SMILES string of the molecule is Cc1nc2c(cnn2C(C)C)cc1C(=O)NCC(CC(C)C)C(=O)O. The number of hydrogen-bond acceptors (Lipinski definition) is 4. The van der Waals surface area contributed by atoms with E-state index in [4.69, 9.17) is 0 Å². The molecular formula is C18H26N4O3. The molecule has 2 aromatic heterocycles. The van der Waals surface area contributed by atoms with Crippen molar-refractivity contribution < 1.29 is 14.7 Å². The number of aromatic nitrogens is 3. The van der Waals surface area contributed by atoms with Crippen LogP contribution in [0.2, 0.25) is 0 Å². The Kier molecular flexibility index (Phi) is 5.77. The van der Waals surface area contributed by atoms with E-state index in [9.17, 15) is 14.7 Å². The number of pyridine rings is 1. The molecule has 1 amide bonds. The zero-order valence-corrected chi connectivity index (χ0v) is 15.4. The second-order valence-corrected chi connectivity index (χ2v) is 7.09. The number of carboxylic acid groups (broad SMARTS) is 1. The number of rotatable bonds is 7. The van der Waals surface area contributed by atoms with E-state index in [1.807, 2.05) is 32.4 Å². The third-order valence-corrected chi connectivity index (χ3v) is 4.11. The van der Waals surface area contributed by atoms with E-state index in [0.717, 1.165) is 11.0 Å². The van der Waals surface area contributed by atoms with E-state index >= 15 is 0 Å². The molecule has 0 aliphatic heterocycles. The predicted molar refractivity (Wildman–Crippen MR) is 95.6 cm³/mol. The molecule has 25 heavy (non-hydrogen) atoms. The number of nitrogens with zero attached hydrogens (tertiary/aromatic N) is 3. The minimum Gasteiger partial charge on any atom is -0.481 e. The maximum absolute atomic E-state index is 12.5. The highest BCUT2D eigenvalue weighted by atomic mass is 16.4. The number of hydrogen-bond donors (Lipinski definition) is 2. The molecule has 0 spiro atoms. The number of nitrogens with one attached hydrogen (secondary N) is 1. The predicted octanol–water partition coefficient (Wildman–Crippen LogP) is 2.80. The molecule has 0 bridgehead atoms. The van der Waals surface area contributed by atoms with Gasteiger partial charge in [0, 0.05) is 18.0 Å². The van der Waals surface area contributed by atoms with Crippen LogP contribution in [0.25, 0.3) is 11.0 Å². The average Bonchev–Trinajstić information content (AvgIpc) is 2.92. The fourth-order valence-corrected chi connectivity index (χ4v) is 2.83. The smallest absolute Gasteiger partial charge is 0.308 e. The zero-order chi connectivity index (χ0) is 18.7. The van der Waals surface area contributed by atoms with Crippen molar-refractivity contribution >= 4 is 22.9 Å². The van der Waals surface area contributed by atoms with Crippen LogP contribution in [0.3, 0.4) is 0 Å². The molecule has 136 valence electrons. The van der Waals surface area contributed by atoms with Gasteiger partial charge in [-0.15, -0.1) is 0 Å². The Morgan fingerprint density at radius 3 is 2.52 bits per heavy atom. The van der Waals surface area contributed by atoms with Gasteiger partial charge in [0.1, 0.15) is 0 Å². The number of amides is 1. The average molecular weight is 346 g/mol. The molecule has 2 rings (SSSR count). The van der Waals surface area contributed by atoms with E-state index in [-0.39, 0.29) is 24.4 Å². The van der Waals surface area contributed by atoms with Crippen LogP contribution >= 0.6 is 0 Å². The van der Waals surface area contributed by atoms with Crippen molar-refractivity contribution in [1.29, 1.82) is 0 Å². The summed E-state index contributed by atoms with van der Waals surface area (Å²) in [4.78, 5) is 28.3. The number of carbonyl (C=O) groups is 2. The lowest BCUT2D eigenvalue weighted by Gasteiger charge is -2.16. The van der Waals surface area contributed by atoms with Gasteiger partial charge in [-0.1, -0.05) is 13.8 Å². The number of carboxylic acids is 1. The monoisotopic (exact) mass is 346 g/mol. The summed E-state index contributed by atoms with van der Waals surface area (Å²) in [7, 11) is 0.